The summed E-state index contributed by atoms with van der Waals surface area (Å²) in [6.07, 6.45) is 0.00746. The number of nitrogens with two attached hydrogens (primary N) is 1. The number of hydrogen-bond donors (Lipinski definition) is 2. The van der Waals surface area contributed by atoms with Crippen LogP contribution in [0.5, 0.6) is 5.75 Å². The molecule has 0 aliphatic carbocycles. The van der Waals surface area contributed by atoms with Crippen molar-refractivity contribution in [2.24, 2.45) is 0 Å². The first-order chi connectivity index (χ1) is 9.97. The van der Waals surface area contributed by atoms with E-state index in [0.717, 1.165) is 5.56 Å². The molecule has 0 spiro atoms. The number of carbonyl (C=O) groups excluding carboxylic acids is 1. The van der Waals surface area contributed by atoms with Crippen LogP contribution in [0.25, 0.3) is 0 Å². The van der Waals surface area contributed by atoms with Crippen LogP contribution < -0.4 is 15.8 Å². The molecule has 4 nitrogen and oxygen atoms in total. The van der Waals surface area contributed by atoms with Gasteiger partial charge in [0.25, 0.3) is 5.91 Å². The average molecular weight is 284 g/mol. The zero-order valence-electron chi connectivity index (χ0n) is 12.5. The zero-order chi connectivity index (χ0) is 15.4. The Morgan fingerprint density at radius 1 is 1.19 bits per heavy atom. The van der Waals surface area contributed by atoms with Crippen LogP contribution in [-0.4, -0.2) is 12.0 Å². The van der Waals surface area contributed by atoms with E-state index in [-0.39, 0.29) is 12.0 Å². The number of hydrogen-bond acceptors (Lipinski definition) is 3. The van der Waals surface area contributed by atoms with Gasteiger partial charge in [0.05, 0.1) is 11.7 Å². The molecule has 0 heterocycles. The normalized spacial score (nSPS) is 10.5. The second kappa shape index (κ2) is 6.31. The van der Waals surface area contributed by atoms with Crippen LogP contribution in [0.2, 0.25) is 0 Å². The molecule has 110 valence electrons. The number of aryl methyl sites for hydroxylation is 1. The summed E-state index contributed by atoms with van der Waals surface area (Å²) >= 11 is 0. The van der Waals surface area contributed by atoms with Gasteiger partial charge in [-0.1, -0.05) is 18.2 Å². The monoisotopic (exact) mass is 284 g/mol. The van der Waals surface area contributed by atoms with Crippen LogP contribution >= 0.6 is 0 Å². The van der Waals surface area contributed by atoms with Gasteiger partial charge >= 0.3 is 0 Å². The Kier molecular flexibility index (Phi) is 4.48. The molecule has 2 rings (SSSR count). The Morgan fingerprint density at radius 2 is 1.90 bits per heavy atom. The van der Waals surface area contributed by atoms with E-state index in [4.69, 9.17) is 10.5 Å². The van der Waals surface area contributed by atoms with Crippen LogP contribution in [0, 0.1) is 6.92 Å². The summed E-state index contributed by atoms with van der Waals surface area (Å²) in [5.41, 5.74) is 8.55. The predicted octanol–water partition coefficient (Wildman–Crippen LogP) is 3.62. The Bertz CT molecular complexity index is 651. The molecule has 2 aromatic carbocycles. The third kappa shape index (κ3) is 3.75. The minimum absolute atomic E-state index is 0.00746. The molecule has 0 saturated carbocycles. The van der Waals surface area contributed by atoms with E-state index < -0.39 is 0 Å². The van der Waals surface area contributed by atoms with Crippen molar-refractivity contribution >= 4 is 17.3 Å². The predicted molar refractivity (Wildman–Crippen MR) is 85.8 cm³/mol. The summed E-state index contributed by atoms with van der Waals surface area (Å²) in [6.45, 7) is 5.78. The largest absolute Gasteiger partial charge is 0.490 e. The number of carbonyl (C=O) groups is 1. The summed E-state index contributed by atoms with van der Waals surface area (Å²) in [6, 6.07) is 12.6. The zero-order valence-corrected chi connectivity index (χ0v) is 12.5. The summed E-state index contributed by atoms with van der Waals surface area (Å²) in [5, 5.41) is 2.88. The fourth-order valence-electron chi connectivity index (χ4n) is 1.97. The van der Waals surface area contributed by atoms with Crippen molar-refractivity contribution in [2.75, 3.05) is 11.1 Å². The smallest absolute Gasteiger partial charge is 0.259 e. The molecule has 0 unspecified atom stereocenters. The number of ether oxygens (including phenoxy) is 1. The number of amides is 1. The van der Waals surface area contributed by atoms with Gasteiger partial charge in [-0.15, -0.1) is 0 Å². The molecule has 0 aliphatic heterocycles. The van der Waals surface area contributed by atoms with Gasteiger partial charge in [-0.25, -0.2) is 0 Å². The maximum absolute atomic E-state index is 12.4. The molecular formula is C17H20N2O2. The topological polar surface area (TPSA) is 64.3 Å². The quantitative estimate of drug-likeness (QED) is 0.843. The molecule has 2 aromatic rings. The highest BCUT2D eigenvalue weighted by atomic mass is 16.5. The Hall–Kier alpha value is -2.49. The fourth-order valence-corrected chi connectivity index (χ4v) is 1.97. The van der Waals surface area contributed by atoms with E-state index in [0.29, 0.717) is 22.7 Å². The average Bonchev–Trinajstić information content (AvgIpc) is 2.42. The van der Waals surface area contributed by atoms with Gasteiger partial charge in [-0.2, -0.15) is 0 Å². The maximum atomic E-state index is 12.4. The summed E-state index contributed by atoms with van der Waals surface area (Å²) < 4.78 is 5.67. The highest BCUT2D eigenvalue weighted by Gasteiger charge is 2.14. The number of nitrogen functional groups attached to an aromatic ring is 1. The second-order valence-corrected chi connectivity index (χ2v) is 5.19. The van der Waals surface area contributed by atoms with E-state index in [9.17, 15) is 4.79 Å². The molecule has 0 aliphatic rings. The van der Waals surface area contributed by atoms with Crippen molar-refractivity contribution in [2.45, 2.75) is 26.9 Å². The number of benzene rings is 2. The first-order valence-corrected chi connectivity index (χ1v) is 6.90. The molecule has 0 aromatic heterocycles. The lowest BCUT2D eigenvalue weighted by atomic mass is 10.1. The van der Waals surface area contributed by atoms with E-state index in [1.807, 2.05) is 39.0 Å². The van der Waals surface area contributed by atoms with Gasteiger partial charge < -0.3 is 15.8 Å². The van der Waals surface area contributed by atoms with Crippen molar-refractivity contribution in [1.82, 2.24) is 0 Å². The van der Waals surface area contributed by atoms with E-state index in [2.05, 4.69) is 5.32 Å². The van der Waals surface area contributed by atoms with Gasteiger partial charge in [0, 0.05) is 11.4 Å². The van der Waals surface area contributed by atoms with Crippen LogP contribution in [0.1, 0.15) is 29.8 Å². The minimum atomic E-state index is -0.208. The maximum Gasteiger partial charge on any atom is 0.259 e. The minimum Gasteiger partial charge on any atom is -0.490 e. The highest BCUT2D eigenvalue weighted by molar-refractivity contribution is 6.06. The molecule has 0 fully saturated rings. The number of para-hydroxylation sites is 1. The lowest BCUT2D eigenvalue weighted by Gasteiger charge is -2.15. The Morgan fingerprint density at radius 3 is 2.62 bits per heavy atom. The lowest BCUT2D eigenvalue weighted by Crippen LogP contribution is -2.16. The first kappa shape index (κ1) is 14.9. The summed E-state index contributed by atoms with van der Waals surface area (Å²) in [5.74, 6) is 0.367. The van der Waals surface area contributed by atoms with E-state index in [1.54, 1.807) is 24.3 Å². The Balaban J connectivity index is 2.26. The van der Waals surface area contributed by atoms with Gasteiger partial charge in [0.1, 0.15) is 5.75 Å². The molecule has 0 radical (unpaired) electrons. The van der Waals surface area contributed by atoms with Crippen LogP contribution in [-0.2, 0) is 0 Å². The molecule has 0 bridgehead atoms. The van der Waals surface area contributed by atoms with Crippen LogP contribution in [0.4, 0.5) is 11.4 Å². The van der Waals surface area contributed by atoms with Gasteiger partial charge in [-0.3, -0.25) is 4.79 Å². The van der Waals surface area contributed by atoms with Crippen LogP contribution in [0.3, 0.4) is 0 Å². The van der Waals surface area contributed by atoms with Gasteiger partial charge in [-0.05, 0) is 50.6 Å². The van der Waals surface area contributed by atoms with Crippen molar-refractivity contribution < 1.29 is 9.53 Å². The molecule has 4 heteroatoms. The van der Waals surface area contributed by atoms with Crippen molar-refractivity contribution in [3.05, 3.63) is 53.6 Å². The van der Waals surface area contributed by atoms with Gasteiger partial charge in [0.2, 0.25) is 0 Å². The third-order valence-electron chi connectivity index (χ3n) is 3.00. The molecule has 3 N–H and O–H groups in total. The fraction of sp³-hybridized carbons (Fsp3) is 0.235. The van der Waals surface area contributed by atoms with E-state index in [1.165, 1.54) is 0 Å². The van der Waals surface area contributed by atoms with Gasteiger partial charge in [0.15, 0.2) is 0 Å². The molecule has 0 saturated heterocycles. The summed E-state index contributed by atoms with van der Waals surface area (Å²) in [4.78, 5) is 12.4. The SMILES string of the molecule is Cc1ccc(N)cc1NC(=O)c1ccccc1OC(C)C. The number of nitrogens with one attached hydrogen (secondary N) is 1. The highest BCUT2D eigenvalue weighted by Crippen LogP contribution is 2.23. The second-order valence-electron chi connectivity index (χ2n) is 5.19. The third-order valence-corrected chi connectivity index (χ3v) is 3.00. The van der Waals surface area contributed by atoms with Crippen molar-refractivity contribution in [3.8, 4) is 5.75 Å². The standard InChI is InChI=1S/C17H20N2O2/c1-11(2)21-16-7-5-4-6-14(16)17(20)19-15-10-13(18)9-8-12(15)3/h4-11H,18H2,1-3H3,(H,19,20). The molecule has 1 amide bonds. The van der Waals surface area contributed by atoms with Crippen molar-refractivity contribution in [3.63, 3.8) is 0 Å². The molecule has 21 heavy (non-hydrogen) atoms. The molecule has 0 atom stereocenters. The lowest BCUT2D eigenvalue weighted by molar-refractivity contribution is 0.102. The first-order valence-electron chi connectivity index (χ1n) is 6.90. The van der Waals surface area contributed by atoms with Crippen LogP contribution in [0.15, 0.2) is 42.5 Å². The number of rotatable bonds is 4. The molecular weight excluding hydrogens is 264 g/mol. The van der Waals surface area contributed by atoms with Crippen molar-refractivity contribution in [1.29, 1.82) is 0 Å². The van der Waals surface area contributed by atoms with E-state index >= 15 is 0 Å². The Labute approximate surface area is 124 Å². The number of anilines is 2. The summed E-state index contributed by atoms with van der Waals surface area (Å²) in [7, 11) is 0.